The van der Waals surface area contributed by atoms with Crippen molar-refractivity contribution in [3.63, 3.8) is 0 Å². The van der Waals surface area contributed by atoms with Crippen LogP contribution in [-0.4, -0.2) is 38.5 Å². The Morgan fingerprint density at radius 1 is 1.53 bits per heavy atom. The van der Waals surface area contributed by atoms with Gasteiger partial charge >= 0.3 is 0 Å². The molecular weight excluding hydrogens is 258 g/mol. The van der Waals surface area contributed by atoms with Gasteiger partial charge in [0.2, 0.25) is 0 Å². The summed E-state index contributed by atoms with van der Waals surface area (Å²) < 4.78 is 2.00. The van der Waals surface area contributed by atoms with Gasteiger partial charge in [0.15, 0.2) is 0 Å². The molecule has 4 nitrogen and oxygen atoms in total. The molecule has 1 aromatic rings. The first-order valence-electron chi connectivity index (χ1n) is 7.22. The molecule has 19 heavy (non-hydrogen) atoms. The highest BCUT2D eigenvalue weighted by Gasteiger charge is 2.31. The summed E-state index contributed by atoms with van der Waals surface area (Å²) in [4.78, 5) is 0. The van der Waals surface area contributed by atoms with Crippen molar-refractivity contribution >= 4 is 11.8 Å². The zero-order valence-electron chi connectivity index (χ0n) is 11.6. The lowest BCUT2D eigenvalue weighted by molar-refractivity contribution is 0.0290. The van der Waals surface area contributed by atoms with Gasteiger partial charge in [-0.25, -0.2) is 0 Å². The molecule has 0 saturated carbocycles. The van der Waals surface area contributed by atoms with Crippen LogP contribution in [-0.2, 0) is 13.5 Å². The van der Waals surface area contributed by atoms with Gasteiger partial charge in [-0.1, -0.05) is 0 Å². The Morgan fingerprint density at radius 2 is 2.32 bits per heavy atom. The minimum atomic E-state index is -0.495. The zero-order valence-corrected chi connectivity index (χ0v) is 12.4. The second kappa shape index (κ2) is 5.46. The minimum Gasteiger partial charge on any atom is -0.389 e. The maximum atomic E-state index is 10.6. The molecule has 2 heterocycles. The van der Waals surface area contributed by atoms with Crippen molar-refractivity contribution in [1.82, 2.24) is 15.1 Å². The van der Waals surface area contributed by atoms with E-state index in [4.69, 9.17) is 0 Å². The molecule has 0 spiro atoms. The van der Waals surface area contributed by atoms with E-state index in [0.717, 1.165) is 37.2 Å². The van der Waals surface area contributed by atoms with E-state index in [9.17, 15) is 5.11 Å². The van der Waals surface area contributed by atoms with Crippen molar-refractivity contribution in [3.8, 4) is 0 Å². The maximum Gasteiger partial charge on any atom is 0.0787 e. The summed E-state index contributed by atoms with van der Waals surface area (Å²) in [5.74, 6) is 2.17. The van der Waals surface area contributed by atoms with Crippen LogP contribution in [0.5, 0.6) is 0 Å². The van der Waals surface area contributed by atoms with Crippen LogP contribution >= 0.6 is 11.8 Å². The molecule has 0 radical (unpaired) electrons. The smallest absolute Gasteiger partial charge is 0.0787 e. The van der Waals surface area contributed by atoms with Gasteiger partial charge in [-0.3, -0.25) is 4.68 Å². The van der Waals surface area contributed by atoms with Gasteiger partial charge in [-0.2, -0.15) is 16.9 Å². The number of aliphatic hydroxyl groups is 1. The third-order valence-corrected chi connectivity index (χ3v) is 5.46. The Labute approximate surface area is 119 Å². The molecule has 1 atom stereocenters. The van der Waals surface area contributed by atoms with Crippen LogP contribution in [0.1, 0.15) is 43.0 Å². The number of aromatic nitrogens is 2. The van der Waals surface area contributed by atoms with E-state index in [-0.39, 0.29) is 0 Å². The fourth-order valence-corrected chi connectivity index (χ4v) is 4.41. The Bertz CT molecular complexity index is 440. The van der Waals surface area contributed by atoms with Crippen LogP contribution < -0.4 is 5.32 Å². The fourth-order valence-electron chi connectivity index (χ4n) is 3.16. The Balaban J connectivity index is 1.64. The van der Waals surface area contributed by atoms with Crippen LogP contribution in [0.25, 0.3) is 0 Å². The van der Waals surface area contributed by atoms with Crippen LogP contribution in [0.3, 0.4) is 0 Å². The SMILES string of the molecule is Cn1ncc2c1CCCC2NCC1(O)CCSCC1. The average molecular weight is 281 g/mol. The monoisotopic (exact) mass is 281 g/mol. The van der Waals surface area contributed by atoms with E-state index < -0.39 is 5.60 Å². The van der Waals surface area contributed by atoms with Crippen molar-refractivity contribution in [2.75, 3.05) is 18.1 Å². The van der Waals surface area contributed by atoms with Gasteiger partial charge in [-0.05, 0) is 43.6 Å². The summed E-state index contributed by atoms with van der Waals surface area (Å²) >= 11 is 1.95. The van der Waals surface area contributed by atoms with Crippen LogP contribution in [0.15, 0.2) is 6.20 Å². The number of nitrogens with zero attached hydrogens (tertiary/aromatic N) is 2. The molecule has 1 aliphatic carbocycles. The quantitative estimate of drug-likeness (QED) is 0.884. The van der Waals surface area contributed by atoms with Gasteiger partial charge in [0, 0.05) is 30.9 Å². The lowest BCUT2D eigenvalue weighted by Crippen LogP contribution is -2.44. The lowest BCUT2D eigenvalue weighted by Gasteiger charge is -2.34. The van der Waals surface area contributed by atoms with E-state index >= 15 is 0 Å². The molecular formula is C14H23N3OS. The average Bonchev–Trinajstić information content (AvgIpc) is 2.80. The minimum absolute atomic E-state index is 0.371. The van der Waals surface area contributed by atoms with Crippen molar-refractivity contribution in [2.24, 2.45) is 7.05 Å². The van der Waals surface area contributed by atoms with E-state index in [2.05, 4.69) is 10.4 Å². The summed E-state index contributed by atoms with van der Waals surface area (Å²) in [5, 5.41) is 18.5. The highest BCUT2D eigenvalue weighted by Crippen LogP contribution is 2.31. The predicted octanol–water partition coefficient (Wildman–Crippen LogP) is 1.65. The molecule has 1 aliphatic heterocycles. The molecule has 2 aliphatic rings. The number of aryl methyl sites for hydroxylation is 1. The molecule has 2 N–H and O–H groups in total. The number of hydrogen-bond donors (Lipinski definition) is 2. The summed E-state index contributed by atoms with van der Waals surface area (Å²) in [6.07, 6.45) is 7.31. The summed E-state index contributed by atoms with van der Waals surface area (Å²) in [5.41, 5.74) is 2.20. The standard InChI is InChI=1S/C14H23N3OS/c1-17-13-4-2-3-12(11(13)9-16-17)15-10-14(18)5-7-19-8-6-14/h9,12,15,18H,2-8,10H2,1H3. The van der Waals surface area contributed by atoms with Crippen molar-refractivity contribution in [2.45, 2.75) is 43.7 Å². The molecule has 1 aromatic heterocycles. The summed E-state index contributed by atoms with van der Waals surface area (Å²) in [7, 11) is 2.02. The van der Waals surface area contributed by atoms with Crippen molar-refractivity contribution in [3.05, 3.63) is 17.5 Å². The third kappa shape index (κ3) is 2.83. The number of nitrogens with one attached hydrogen (secondary N) is 1. The fraction of sp³-hybridized carbons (Fsp3) is 0.786. The van der Waals surface area contributed by atoms with E-state index in [1.165, 1.54) is 17.7 Å². The maximum absolute atomic E-state index is 10.6. The molecule has 0 bridgehead atoms. The van der Waals surface area contributed by atoms with Gasteiger partial charge in [-0.15, -0.1) is 0 Å². The lowest BCUT2D eigenvalue weighted by atomic mass is 9.91. The zero-order chi connectivity index (χ0) is 13.3. The highest BCUT2D eigenvalue weighted by atomic mass is 32.2. The van der Waals surface area contributed by atoms with Gasteiger partial charge in [0.1, 0.15) is 0 Å². The first kappa shape index (κ1) is 13.5. The molecule has 1 fully saturated rings. The second-order valence-corrected chi connectivity index (χ2v) is 7.06. The Hall–Kier alpha value is -0.520. The van der Waals surface area contributed by atoms with Crippen LogP contribution in [0.4, 0.5) is 0 Å². The number of rotatable bonds is 3. The first-order chi connectivity index (χ1) is 9.18. The number of thioether (sulfide) groups is 1. The van der Waals surface area contributed by atoms with Gasteiger partial charge in [0.25, 0.3) is 0 Å². The van der Waals surface area contributed by atoms with Crippen molar-refractivity contribution in [1.29, 1.82) is 0 Å². The molecule has 3 rings (SSSR count). The summed E-state index contributed by atoms with van der Waals surface area (Å²) in [6, 6.07) is 0.371. The predicted molar refractivity (Wildman–Crippen MR) is 78.4 cm³/mol. The largest absolute Gasteiger partial charge is 0.389 e. The third-order valence-electron chi connectivity index (χ3n) is 4.48. The van der Waals surface area contributed by atoms with Crippen molar-refractivity contribution < 1.29 is 5.11 Å². The Kier molecular flexibility index (Phi) is 3.87. The van der Waals surface area contributed by atoms with E-state index in [1.807, 2.05) is 29.7 Å². The molecule has 0 amide bonds. The first-order valence-corrected chi connectivity index (χ1v) is 8.38. The van der Waals surface area contributed by atoms with Gasteiger partial charge in [0.05, 0.1) is 11.8 Å². The number of fused-ring (bicyclic) bond motifs is 1. The second-order valence-electron chi connectivity index (χ2n) is 5.83. The van der Waals surface area contributed by atoms with Crippen LogP contribution in [0, 0.1) is 0 Å². The normalized spacial score (nSPS) is 26.1. The highest BCUT2D eigenvalue weighted by molar-refractivity contribution is 7.99. The topological polar surface area (TPSA) is 50.1 Å². The number of hydrogen-bond acceptors (Lipinski definition) is 4. The van der Waals surface area contributed by atoms with E-state index in [1.54, 1.807) is 0 Å². The molecule has 106 valence electrons. The summed E-state index contributed by atoms with van der Waals surface area (Å²) in [6.45, 7) is 0.715. The van der Waals surface area contributed by atoms with Crippen LogP contribution in [0.2, 0.25) is 0 Å². The van der Waals surface area contributed by atoms with E-state index in [0.29, 0.717) is 12.6 Å². The molecule has 1 saturated heterocycles. The molecule has 5 heteroatoms. The molecule has 1 unspecified atom stereocenters. The molecule has 0 aromatic carbocycles. The van der Waals surface area contributed by atoms with Gasteiger partial charge < -0.3 is 10.4 Å². The Morgan fingerprint density at radius 3 is 3.11 bits per heavy atom.